The quantitative estimate of drug-likeness (QED) is 0.584. The van der Waals surface area contributed by atoms with E-state index in [1.165, 1.54) is 14.2 Å². The first-order valence-corrected chi connectivity index (χ1v) is 6.77. The van der Waals surface area contributed by atoms with Gasteiger partial charge in [0.25, 0.3) is 5.91 Å². The molecular formula is C15H21NO5. The number of rotatable bonds is 8. The van der Waals surface area contributed by atoms with Gasteiger partial charge in [-0.1, -0.05) is 0 Å². The number of ether oxygens (including phenoxy) is 3. The molecule has 6 nitrogen and oxygen atoms in total. The first kappa shape index (κ1) is 16.8. The number of esters is 1. The predicted molar refractivity (Wildman–Crippen MR) is 77.7 cm³/mol. The van der Waals surface area contributed by atoms with E-state index >= 15 is 0 Å². The van der Waals surface area contributed by atoms with Gasteiger partial charge in [0.05, 0.1) is 20.8 Å². The fourth-order valence-corrected chi connectivity index (χ4v) is 1.71. The molecule has 0 saturated heterocycles. The summed E-state index contributed by atoms with van der Waals surface area (Å²) in [6.07, 6.45) is 0.821. The molecule has 116 valence electrons. The number of benzene rings is 1. The summed E-state index contributed by atoms with van der Waals surface area (Å²) in [7, 11) is 3.05. The second kappa shape index (κ2) is 8.84. The molecule has 0 aromatic heterocycles. The monoisotopic (exact) mass is 295 g/mol. The van der Waals surface area contributed by atoms with Gasteiger partial charge in [-0.25, -0.2) is 0 Å². The van der Waals surface area contributed by atoms with Crippen LogP contribution in [0.5, 0.6) is 11.5 Å². The molecule has 6 heteroatoms. The molecule has 0 bridgehead atoms. The number of carbonyl (C=O) groups excluding carboxylic acids is 2. The average Bonchev–Trinajstić information content (AvgIpc) is 2.51. The highest BCUT2D eigenvalue weighted by atomic mass is 16.5. The van der Waals surface area contributed by atoms with Crippen molar-refractivity contribution in [3.63, 3.8) is 0 Å². The van der Waals surface area contributed by atoms with E-state index in [2.05, 4.69) is 5.32 Å². The molecular weight excluding hydrogens is 274 g/mol. The second-order valence-corrected chi connectivity index (χ2v) is 4.27. The topological polar surface area (TPSA) is 73.9 Å². The fourth-order valence-electron chi connectivity index (χ4n) is 1.71. The normalized spacial score (nSPS) is 9.86. The molecule has 0 spiro atoms. The number of nitrogens with one attached hydrogen (secondary N) is 1. The van der Waals surface area contributed by atoms with Crippen LogP contribution in [0.3, 0.4) is 0 Å². The Hall–Kier alpha value is -2.24. The first-order chi connectivity index (χ1) is 10.1. The van der Waals surface area contributed by atoms with Crippen LogP contribution in [0.15, 0.2) is 18.2 Å². The summed E-state index contributed by atoms with van der Waals surface area (Å²) in [5, 5.41) is 2.74. The summed E-state index contributed by atoms with van der Waals surface area (Å²) in [6.45, 7) is 2.53. The predicted octanol–water partition coefficient (Wildman–Crippen LogP) is 1.78. The van der Waals surface area contributed by atoms with Crippen LogP contribution in [0.25, 0.3) is 0 Å². The van der Waals surface area contributed by atoms with Gasteiger partial charge < -0.3 is 19.5 Å². The molecule has 21 heavy (non-hydrogen) atoms. The van der Waals surface area contributed by atoms with E-state index in [0.29, 0.717) is 36.6 Å². The minimum absolute atomic E-state index is 0.240. The number of hydrogen-bond acceptors (Lipinski definition) is 5. The Kier molecular flexibility index (Phi) is 7.08. The largest absolute Gasteiger partial charge is 0.497 e. The maximum absolute atomic E-state index is 12.0. The van der Waals surface area contributed by atoms with Crippen molar-refractivity contribution < 1.29 is 23.8 Å². The molecule has 0 aliphatic heterocycles. The maximum Gasteiger partial charge on any atom is 0.305 e. The van der Waals surface area contributed by atoms with Crippen molar-refractivity contribution in [3.8, 4) is 11.5 Å². The third kappa shape index (κ3) is 5.72. The van der Waals surface area contributed by atoms with Gasteiger partial charge in [0, 0.05) is 24.6 Å². The van der Waals surface area contributed by atoms with Gasteiger partial charge in [-0.05, 0) is 25.5 Å². The van der Waals surface area contributed by atoms with Crippen LogP contribution in [0.4, 0.5) is 0 Å². The van der Waals surface area contributed by atoms with Gasteiger partial charge in [0.2, 0.25) is 0 Å². The van der Waals surface area contributed by atoms with Crippen LogP contribution in [0, 0.1) is 0 Å². The van der Waals surface area contributed by atoms with Crippen molar-refractivity contribution in [2.24, 2.45) is 0 Å². The van der Waals surface area contributed by atoms with E-state index in [9.17, 15) is 9.59 Å². The average molecular weight is 295 g/mol. The van der Waals surface area contributed by atoms with Gasteiger partial charge in [0.1, 0.15) is 11.5 Å². The van der Waals surface area contributed by atoms with Crippen molar-refractivity contribution in [2.45, 2.75) is 19.8 Å². The van der Waals surface area contributed by atoms with Crippen molar-refractivity contribution in [1.82, 2.24) is 5.32 Å². The van der Waals surface area contributed by atoms with E-state index in [1.807, 2.05) is 0 Å². The van der Waals surface area contributed by atoms with Gasteiger partial charge >= 0.3 is 5.97 Å². The lowest BCUT2D eigenvalue weighted by atomic mass is 10.2. The molecule has 1 N–H and O–H groups in total. The van der Waals surface area contributed by atoms with E-state index in [1.54, 1.807) is 25.1 Å². The van der Waals surface area contributed by atoms with Gasteiger partial charge in [-0.15, -0.1) is 0 Å². The first-order valence-electron chi connectivity index (χ1n) is 6.77. The number of amides is 1. The highest BCUT2D eigenvalue weighted by Crippen LogP contribution is 2.22. The van der Waals surface area contributed by atoms with Gasteiger partial charge in [-0.2, -0.15) is 0 Å². The molecule has 0 unspecified atom stereocenters. The molecule has 0 heterocycles. The number of methoxy groups -OCH3 is 2. The maximum atomic E-state index is 12.0. The second-order valence-electron chi connectivity index (χ2n) is 4.27. The number of hydrogen-bond donors (Lipinski definition) is 1. The van der Waals surface area contributed by atoms with Crippen molar-refractivity contribution in [3.05, 3.63) is 23.8 Å². The van der Waals surface area contributed by atoms with Gasteiger partial charge in [-0.3, -0.25) is 9.59 Å². The Bertz CT molecular complexity index is 465. The lowest BCUT2D eigenvalue weighted by molar-refractivity contribution is -0.143. The van der Waals surface area contributed by atoms with Crippen LogP contribution in [-0.2, 0) is 9.53 Å². The third-order valence-electron chi connectivity index (χ3n) is 2.76. The molecule has 1 rings (SSSR count). The highest BCUT2D eigenvalue weighted by molar-refractivity contribution is 5.95. The van der Waals surface area contributed by atoms with Crippen molar-refractivity contribution >= 4 is 11.9 Å². The zero-order valence-corrected chi connectivity index (χ0v) is 12.6. The Morgan fingerprint density at radius 1 is 1.10 bits per heavy atom. The smallest absolute Gasteiger partial charge is 0.305 e. The Morgan fingerprint density at radius 2 is 1.71 bits per heavy atom. The van der Waals surface area contributed by atoms with Crippen LogP contribution < -0.4 is 14.8 Å². The summed E-state index contributed by atoms with van der Waals surface area (Å²) >= 11 is 0. The Morgan fingerprint density at radius 3 is 2.24 bits per heavy atom. The zero-order chi connectivity index (χ0) is 15.7. The van der Waals surface area contributed by atoms with Crippen LogP contribution in [0.1, 0.15) is 30.1 Å². The Labute approximate surface area is 124 Å². The van der Waals surface area contributed by atoms with Crippen molar-refractivity contribution in [1.29, 1.82) is 0 Å². The molecule has 0 aliphatic carbocycles. The minimum Gasteiger partial charge on any atom is -0.497 e. The summed E-state index contributed by atoms with van der Waals surface area (Å²) in [6, 6.07) is 4.95. The highest BCUT2D eigenvalue weighted by Gasteiger charge is 2.10. The molecule has 1 amide bonds. The zero-order valence-electron chi connectivity index (χ0n) is 12.6. The molecule has 0 aliphatic rings. The lowest BCUT2D eigenvalue weighted by Gasteiger charge is -2.09. The SMILES string of the molecule is CCOC(=O)CCCNC(=O)c1cc(OC)cc(OC)c1. The van der Waals surface area contributed by atoms with E-state index < -0.39 is 0 Å². The van der Waals surface area contributed by atoms with Crippen LogP contribution in [-0.4, -0.2) is 39.2 Å². The summed E-state index contributed by atoms with van der Waals surface area (Å²) < 4.78 is 15.0. The molecule has 0 radical (unpaired) electrons. The molecule has 0 fully saturated rings. The molecule has 1 aromatic rings. The molecule has 1 aromatic carbocycles. The fraction of sp³-hybridized carbons (Fsp3) is 0.467. The summed E-state index contributed by atoms with van der Waals surface area (Å²) in [5.74, 6) is 0.600. The van der Waals surface area contributed by atoms with E-state index in [0.717, 1.165) is 0 Å². The summed E-state index contributed by atoms with van der Waals surface area (Å²) in [5.41, 5.74) is 0.447. The third-order valence-corrected chi connectivity index (χ3v) is 2.76. The Balaban J connectivity index is 2.50. The molecule has 0 atom stereocenters. The lowest BCUT2D eigenvalue weighted by Crippen LogP contribution is -2.25. The van der Waals surface area contributed by atoms with Crippen molar-refractivity contribution in [2.75, 3.05) is 27.4 Å². The van der Waals surface area contributed by atoms with E-state index in [-0.39, 0.29) is 18.3 Å². The van der Waals surface area contributed by atoms with Crippen LogP contribution in [0.2, 0.25) is 0 Å². The van der Waals surface area contributed by atoms with E-state index in [4.69, 9.17) is 14.2 Å². The van der Waals surface area contributed by atoms with Crippen LogP contribution >= 0.6 is 0 Å². The number of carbonyl (C=O) groups is 2. The standard InChI is InChI=1S/C15H21NO5/c1-4-21-14(17)6-5-7-16-15(18)11-8-12(19-2)10-13(9-11)20-3/h8-10H,4-7H2,1-3H3,(H,16,18). The minimum atomic E-state index is -0.255. The van der Waals surface area contributed by atoms with Gasteiger partial charge in [0.15, 0.2) is 0 Å². The molecule has 0 saturated carbocycles. The summed E-state index contributed by atoms with van der Waals surface area (Å²) in [4.78, 5) is 23.2.